The van der Waals surface area contributed by atoms with Crippen molar-refractivity contribution in [3.05, 3.63) is 47.5 Å². The van der Waals surface area contributed by atoms with Crippen molar-refractivity contribution in [1.29, 1.82) is 0 Å². The molecule has 1 saturated carbocycles. The van der Waals surface area contributed by atoms with Gasteiger partial charge in [-0.2, -0.15) is 0 Å². The molecule has 2 atom stereocenters. The zero-order valence-electron chi connectivity index (χ0n) is 16.8. The zero-order valence-corrected chi connectivity index (χ0v) is 16.8. The van der Waals surface area contributed by atoms with Crippen LogP contribution in [-0.4, -0.2) is 48.6 Å². The van der Waals surface area contributed by atoms with E-state index < -0.39 is 24.1 Å². The molecule has 1 aliphatic rings. The van der Waals surface area contributed by atoms with Crippen LogP contribution in [-0.2, 0) is 9.47 Å². The lowest BCUT2D eigenvalue weighted by atomic mass is 9.94. The molecule has 8 heteroatoms. The van der Waals surface area contributed by atoms with Crippen molar-refractivity contribution >= 4 is 11.9 Å². The fourth-order valence-corrected chi connectivity index (χ4v) is 3.35. The van der Waals surface area contributed by atoms with Crippen molar-refractivity contribution < 1.29 is 38.7 Å². The van der Waals surface area contributed by atoms with Crippen molar-refractivity contribution in [1.82, 2.24) is 0 Å². The first-order valence-corrected chi connectivity index (χ1v) is 9.59. The van der Waals surface area contributed by atoms with Gasteiger partial charge >= 0.3 is 11.9 Å². The minimum Gasteiger partial charge on any atom is -0.504 e. The molecular formula is C22H24O8. The smallest absolute Gasteiger partial charge is 0.338 e. The average molecular weight is 416 g/mol. The van der Waals surface area contributed by atoms with Crippen molar-refractivity contribution in [3.63, 3.8) is 0 Å². The van der Waals surface area contributed by atoms with Gasteiger partial charge in [-0.3, -0.25) is 0 Å². The highest BCUT2D eigenvalue weighted by Gasteiger charge is 2.32. The Kier molecular flexibility index (Phi) is 6.66. The Morgan fingerprint density at radius 2 is 1.17 bits per heavy atom. The molecule has 0 radical (unpaired) electrons. The van der Waals surface area contributed by atoms with Crippen molar-refractivity contribution in [2.45, 2.75) is 37.9 Å². The molecule has 0 spiro atoms. The third-order valence-electron chi connectivity index (χ3n) is 4.99. The molecule has 2 aromatic carbocycles. The van der Waals surface area contributed by atoms with Crippen molar-refractivity contribution in [2.75, 3.05) is 14.2 Å². The number of phenols is 2. The minimum atomic E-state index is -0.590. The first kappa shape index (κ1) is 21.3. The van der Waals surface area contributed by atoms with E-state index in [2.05, 4.69) is 0 Å². The molecule has 2 aromatic rings. The van der Waals surface area contributed by atoms with E-state index in [1.54, 1.807) is 0 Å². The van der Waals surface area contributed by atoms with Crippen LogP contribution in [0.2, 0.25) is 0 Å². The van der Waals surface area contributed by atoms with Crippen LogP contribution in [0.5, 0.6) is 23.0 Å². The van der Waals surface area contributed by atoms with E-state index in [0.29, 0.717) is 12.8 Å². The highest BCUT2D eigenvalue weighted by molar-refractivity contribution is 5.91. The third kappa shape index (κ3) is 4.76. The highest BCUT2D eigenvalue weighted by Crippen LogP contribution is 2.30. The number of aromatic hydroxyl groups is 2. The zero-order chi connectivity index (χ0) is 21.7. The van der Waals surface area contributed by atoms with Crippen LogP contribution in [0.25, 0.3) is 0 Å². The van der Waals surface area contributed by atoms with E-state index in [0.717, 1.165) is 12.8 Å². The Labute approximate surface area is 173 Å². The second-order valence-corrected chi connectivity index (χ2v) is 6.95. The summed E-state index contributed by atoms with van der Waals surface area (Å²) in [5.41, 5.74) is 0.451. The topological polar surface area (TPSA) is 112 Å². The SMILES string of the molecule is COc1cc(C(=O)O[C@@H]2CCCC[C@H]2OC(=O)c2ccc(O)c(OC)c2)ccc1O. The molecule has 0 unspecified atom stereocenters. The number of carbonyl (C=O) groups is 2. The Hall–Kier alpha value is -3.42. The molecular weight excluding hydrogens is 392 g/mol. The minimum absolute atomic E-state index is 0.0807. The van der Waals surface area contributed by atoms with Crippen molar-refractivity contribution in [3.8, 4) is 23.0 Å². The number of hydrogen-bond donors (Lipinski definition) is 2. The fourth-order valence-electron chi connectivity index (χ4n) is 3.35. The van der Waals surface area contributed by atoms with Gasteiger partial charge in [0, 0.05) is 0 Å². The van der Waals surface area contributed by atoms with E-state index in [9.17, 15) is 19.8 Å². The number of carbonyl (C=O) groups excluding carboxylic acids is 2. The quantitative estimate of drug-likeness (QED) is 0.689. The molecule has 0 aliphatic heterocycles. The van der Waals surface area contributed by atoms with E-state index in [1.165, 1.54) is 50.6 Å². The lowest BCUT2D eigenvalue weighted by Gasteiger charge is -2.30. The molecule has 0 bridgehead atoms. The Morgan fingerprint density at radius 1 is 0.767 bits per heavy atom. The maximum atomic E-state index is 12.6. The number of rotatable bonds is 6. The largest absolute Gasteiger partial charge is 0.504 e. The Bertz CT molecular complexity index is 848. The van der Waals surface area contributed by atoms with Crippen LogP contribution >= 0.6 is 0 Å². The summed E-state index contributed by atoms with van der Waals surface area (Å²) < 4.78 is 21.3. The highest BCUT2D eigenvalue weighted by atomic mass is 16.6. The van der Waals surface area contributed by atoms with E-state index >= 15 is 0 Å². The van der Waals surface area contributed by atoms with E-state index in [1.807, 2.05) is 0 Å². The first-order valence-electron chi connectivity index (χ1n) is 9.59. The van der Waals surface area contributed by atoms with E-state index in [-0.39, 0.29) is 34.1 Å². The van der Waals surface area contributed by atoms with Crippen molar-refractivity contribution in [2.24, 2.45) is 0 Å². The molecule has 1 aliphatic carbocycles. The van der Waals surface area contributed by atoms with Crippen LogP contribution in [0.15, 0.2) is 36.4 Å². The second kappa shape index (κ2) is 9.39. The van der Waals surface area contributed by atoms with E-state index in [4.69, 9.17) is 18.9 Å². The molecule has 8 nitrogen and oxygen atoms in total. The summed E-state index contributed by atoms with van der Waals surface area (Å²) in [4.78, 5) is 25.1. The molecule has 0 heterocycles. The summed E-state index contributed by atoms with van der Waals surface area (Å²) in [5.74, 6) is -1.01. The predicted octanol–water partition coefficient (Wildman–Crippen LogP) is 3.44. The number of methoxy groups -OCH3 is 2. The monoisotopic (exact) mass is 416 g/mol. The van der Waals surface area contributed by atoms with Crippen LogP contribution < -0.4 is 9.47 Å². The molecule has 0 aromatic heterocycles. The van der Waals surface area contributed by atoms with Crippen LogP contribution in [0.1, 0.15) is 46.4 Å². The number of ether oxygens (including phenoxy) is 4. The molecule has 2 N–H and O–H groups in total. The van der Waals surface area contributed by atoms with Crippen LogP contribution in [0, 0.1) is 0 Å². The van der Waals surface area contributed by atoms with Gasteiger partial charge in [-0.05, 0) is 62.1 Å². The average Bonchev–Trinajstić information content (AvgIpc) is 2.75. The van der Waals surface area contributed by atoms with Gasteiger partial charge in [0.2, 0.25) is 0 Å². The first-order chi connectivity index (χ1) is 14.4. The van der Waals surface area contributed by atoms with Gasteiger partial charge in [-0.15, -0.1) is 0 Å². The summed E-state index contributed by atoms with van der Waals surface area (Å²) in [6, 6.07) is 8.37. The maximum Gasteiger partial charge on any atom is 0.338 e. The van der Waals surface area contributed by atoms with Gasteiger partial charge < -0.3 is 29.2 Å². The Morgan fingerprint density at radius 3 is 1.53 bits per heavy atom. The number of hydrogen-bond acceptors (Lipinski definition) is 8. The number of esters is 2. The van der Waals surface area contributed by atoms with Gasteiger partial charge in [0.1, 0.15) is 12.2 Å². The van der Waals surface area contributed by atoms with Gasteiger partial charge in [0.25, 0.3) is 0 Å². The lowest BCUT2D eigenvalue weighted by Crippen LogP contribution is -2.37. The van der Waals surface area contributed by atoms with Gasteiger partial charge in [-0.25, -0.2) is 9.59 Å². The molecule has 1 fully saturated rings. The second-order valence-electron chi connectivity index (χ2n) is 6.95. The predicted molar refractivity (Wildman–Crippen MR) is 106 cm³/mol. The lowest BCUT2D eigenvalue weighted by molar-refractivity contribution is -0.0514. The maximum absolute atomic E-state index is 12.6. The Balaban J connectivity index is 1.70. The normalized spacial score (nSPS) is 18.3. The summed E-state index contributed by atoms with van der Waals surface area (Å²) >= 11 is 0. The van der Waals surface area contributed by atoms with Gasteiger partial charge in [-0.1, -0.05) is 0 Å². The molecule has 0 amide bonds. The van der Waals surface area contributed by atoms with Gasteiger partial charge in [0.05, 0.1) is 25.3 Å². The standard InChI is InChI=1S/C22H24O8/c1-27-19-11-13(7-9-15(19)23)21(25)29-17-5-3-4-6-18(17)30-22(26)14-8-10-16(24)20(12-14)28-2/h7-12,17-18,23-24H,3-6H2,1-2H3/t17-,18-/m1/s1. The summed E-state index contributed by atoms with van der Waals surface area (Å²) in [6.07, 6.45) is 1.65. The molecule has 3 rings (SSSR count). The van der Waals surface area contributed by atoms with Gasteiger partial charge in [0.15, 0.2) is 23.0 Å². The third-order valence-corrected chi connectivity index (χ3v) is 4.99. The number of phenolic OH excluding ortho intramolecular Hbond substituents is 2. The van der Waals surface area contributed by atoms with Crippen LogP contribution in [0.4, 0.5) is 0 Å². The number of benzene rings is 2. The molecule has 0 saturated heterocycles. The molecule has 160 valence electrons. The summed E-state index contributed by atoms with van der Waals surface area (Å²) in [5, 5.41) is 19.4. The summed E-state index contributed by atoms with van der Waals surface area (Å²) in [6.45, 7) is 0. The van der Waals surface area contributed by atoms with Crippen LogP contribution in [0.3, 0.4) is 0 Å². The summed E-state index contributed by atoms with van der Waals surface area (Å²) in [7, 11) is 2.78. The molecule has 30 heavy (non-hydrogen) atoms. The fraction of sp³-hybridized carbons (Fsp3) is 0.364.